The quantitative estimate of drug-likeness (QED) is 0.791. The lowest BCUT2D eigenvalue weighted by atomic mass is 10.1. The maximum atomic E-state index is 10.6. The van der Waals surface area contributed by atoms with Crippen molar-refractivity contribution >= 4 is 33.2 Å². The van der Waals surface area contributed by atoms with E-state index in [1.807, 2.05) is 12.1 Å². The molecule has 1 heterocycles. The van der Waals surface area contributed by atoms with Crippen LogP contribution in [0.1, 0.15) is 15.4 Å². The molecule has 0 saturated heterocycles. The Morgan fingerprint density at radius 2 is 2.35 bits per heavy atom. The average Bonchev–Trinajstić information content (AvgIpc) is 2.72. The molecule has 86 valence electrons. The van der Waals surface area contributed by atoms with Crippen molar-refractivity contribution in [2.75, 3.05) is 0 Å². The summed E-state index contributed by atoms with van der Waals surface area (Å²) >= 11 is 4.96. The number of halogens is 1. The molecular weight excluding hydrogens is 302 g/mol. The Morgan fingerprint density at radius 1 is 1.53 bits per heavy atom. The Balaban J connectivity index is 2.03. The molecule has 0 radical (unpaired) electrons. The largest absolute Gasteiger partial charge is 0.481 e. The van der Waals surface area contributed by atoms with Crippen LogP contribution in [-0.4, -0.2) is 16.1 Å². The highest BCUT2D eigenvalue weighted by atomic mass is 79.9. The van der Waals surface area contributed by atoms with E-state index in [4.69, 9.17) is 5.11 Å². The van der Waals surface area contributed by atoms with Crippen LogP contribution in [0.5, 0.6) is 0 Å². The Morgan fingerprint density at radius 3 is 3.12 bits per heavy atom. The zero-order chi connectivity index (χ0) is 12.0. The molecule has 0 saturated carbocycles. The first kappa shape index (κ1) is 10.9. The molecule has 0 amide bonds. The minimum atomic E-state index is -0.826. The van der Waals surface area contributed by atoms with Crippen molar-refractivity contribution in [2.45, 2.75) is 12.8 Å². The number of benzene rings is 1. The van der Waals surface area contributed by atoms with Crippen LogP contribution in [0, 0.1) is 0 Å². The van der Waals surface area contributed by atoms with Gasteiger partial charge in [-0.2, -0.15) is 0 Å². The van der Waals surface area contributed by atoms with Crippen molar-refractivity contribution in [2.24, 2.45) is 0 Å². The number of aliphatic carboxylic acids is 1. The molecule has 5 heteroatoms. The topological polar surface area (TPSA) is 50.2 Å². The van der Waals surface area contributed by atoms with Crippen LogP contribution in [-0.2, 0) is 17.6 Å². The molecule has 2 aromatic rings. The number of aromatic nitrogens is 1. The summed E-state index contributed by atoms with van der Waals surface area (Å²) in [7, 11) is 0. The lowest BCUT2D eigenvalue weighted by Gasteiger charge is -1.99. The van der Waals surface area contributed by atoms with E-state index in [0.717, 1.165) is 22.2 Å². The molecular formula is C12H8BrNO2S. The predicted octanol–water partition coefficient (Wildman–Crippen LogP) is 3.10. The first-order valence-corrected chi connectivity index (χ1v) is 6.73. The van der Waals surface area contributed by atoms with Crippen LogP contribution in [0.2, 0.25) is 0 Å². The molecule has 0 spiro atoms. The summed E-state index contributed by atoms with van der Waals surface area (Å²) in [4.78, 5) is 16.2. The highest BCUT2D eigenvalue weighted by Crippen LogP contribution is 2.40. The number of rotatable bonds is 2. The predicted molar refractivity (Wildman–Crippen MR) is 69.4 cm³/mol. The van der Waals surface area contributed by atoms with Gasteiger partial charge in [-0.1, -0.05) is 22.0 Å². The van der Waals surface area contributed by atoms with E-state index < -0.39 is 5.97 Å². The van der Waals surface area contributed by atoms with E-state index in [1.54, 1.807) is 0 Å². The number of hydrogen-bond acceptors (Lipinski definition) is 3. The summed E-state index contributed by atoms with van der Waals surface area (Å²) in [6.45, 7) is 0. The molecule has 17 heavy (non-hydrogen) atoms. The first-order valence-electron chi connectivity index (χ1n) is 5.12. The SMILES string of the molecule is O=C(O)Cc1nc2c(s1)Cc1cc(Br)ccc1-2. The number of carboxylic acid groups (broad SMARTS) is 1. The van der Waals surface area contributed by atoms with E-state index in [2.05, 4.69) is 27.0 Å². The normalized spacial score (nSPS) is 12.3. The standard InChI is InChI=1S/C12H8BrNO2S/c13-7-1-2-8-6(3-7)4-9-12(8)14-10(17-9)5-11(15)16/h1-3H,4-5H2,(H,15,16). The maximum Gasteiger partial charge on any atom is 0.310 e. The monoisotopic (exact) mass is 309 g/mol. The summed E-state index contributed by atoms with van der Waals surface area (Å²) in [5.74, 6) is -0.826. The highest BCUT2D eigenvalue weighted by Gasteiger charge is 2.23. The van der Waals surface area contributed by atoms with Crippen molar-refractivity contribution in [3.05, 3.63) is 38.1 Å². The summed E-state index contributed by atoms with van der Waals surface area (Å²) in [5.41, 5.74) is 3.36. The zero-order valence-corrected chi connectivity index (χ0v) is 11.1. The molecule has 1 aromatic heterocycles. The second-order valence-electron chi connectivity index (χ2n) is 3.93. The molecule has 3 nitrogen and oxygen atoms in total. The lowest BCUT2D eigenvalue weighted by molar-refractivity contribution is -0.136. The van der Waals surface area contributed by atoms with Crippen LogP contribution in [0.3, 0.4) is 0 Å². The van der Waals surface area contributed by atoms with Crippen molar-refractivity contribution in [1.82, 2.24) is 4.98 Å². The van der Waals surface area contributed by atoms with Gasteiger partial charge in [0.15, 0.2) is 0 Å². The average molecular weight is 310 g/mol. The van der Waals surface area contributed by atoms with Crippen molar-refractivity contribution in [3.8, 4) is 11.3 Å². The fourth-order valence-electron chi connectivity index (χ4n) is 2.05. The second-order valence-corrected chi connectivity index (χ2v) is 6.01. The molecule has 0 bridgehead atoms. The van der Waals surface area contributed by atoms with E-state index in [-0.39, 0.29) is 6.42 Å². The van der Waals surface area contributed by atoms with Crippen LogP contribution in [0.4, 0.5) is 0 Å². The minimum Gasteiger partial charge on any atom is -0.481 e. The molecule has 0 atom stereocenters. The van der Waals surface area contributed by atoms with Gasteiger partial charge in [0.25, 0.3) is 0 Å². The number of nitrogens with zero attached hydrogens (tertiary/aromatic N) is 1. The van der Waals surface area contributed by atoms with Gasteiger partial charge in [-0.3, -0.25) is 4.79 Å². The highest BCUT2D eigenvalue weighted by molar-refractivity contribution is 9.10. The van der Waals surface area contributed by atoms with E-state index in [0.29, 0.717) is 5.01 Å². The zero-order valence-electron chi connectivity index (χ0n) is 8.74. The molecule has 1 aliphatic carbocycles. The summed E-state index contributed by atoms with van der Waals surface area (Å²) < 4.78 is 1.07. The van der Waals surface area contributed by atoms with Gasteiger partial charge < -0.3 is 5.11 Å². The molecule has 0 fully saturated rings. The third-order valence-corrected chi connectivity index (χ3v) is 4.27. The molecule has 0 aliphatic heterocycles. The number of carbonyl (C=O) groups is 1. The molecule has 1 aliphatic rings. The van der Waals surface area contributed by atoms with Gasteiger partial charge in [-0.15, -0.1) is 11.3 Å². The summed E-state index contributed by atoms with van der Waals surface area (Å²) in [5, 5.41) is 9.44. The van der Waals surface area contributed by atoms with Gasteiger partial charge in [0, 0.05) is 21.3 Å². The number of fused-ring (bicyclic) bond motifs is 3. The third kappa shape index (κ3) is 1.89. The Hall–Kier alpha value is -1.20. The fraction of sp³-hybridized carbons (Fsp3) is 0.167. The van der Waals surface area contributed by atoms with Crippen molar-refractivity contribution < 1.29 is 9.90 Å². The minimum absolute atomic E-state index is 0.0174. The van der Waals surface area contributed by atoms with Gasteiger partial charge in [0.1, 0.15) is 5.01 Å². The number of hydrogen-bond donors (Lipinski definition) is 1. The fourth-order valence-corrected chi connectivity index (χ4v) is 3.55. The van der Waals surface area contributed by atoms with Gasteiger partial charge in [-0.05, 0) is 17.7 Å². The molecule has 0 unspecified atom stereocenters. The van der Waals surface area contributed by atoms with Gasteiger partial charge in [-0.25, -0.2) is 4.98 Å². The lowest BCUT2D eigenvalue weighted by Crippen LogP contribution is -1.99. The number of thiazole rings is 1. The second kappa shape index (κ2) is 3.92. The third-order valence-electron chi connectivity index (χ3n) is 2.72. The van der Waals surface area contributed by atoms with E-state index in [9.17, 15) is 4.79 Å². The maximum absolute atomic E-state index is 10.6. The molecule has 1 N–H and O–H groups in total. The van der Waals surface area contributed by atoms with Crippen LogP contribution >= 0.6 is 27.3 Å². The van der Waals surface area contributed by atoms with E-state index >= 15 is 0 Å². The van der Waals surface area contributed by atoms with Crippen LogP contribution in [0.15, 0.2) is 22.7 Å². The summed E-state index contributed by atoms with van der Waals surface area (Å²) in [6, 6.07) is 6.13. The Bertz CT molecular complexity index is 621. The van der Waals surface area contributed by atoms with Crippen molar-refractivity contribution in [1.29, 1.82) is 0 Å². The summed E-state index contributed by atoms with van der Waals surface area (Å²) in [6.07, 6.45) is 0.880. The first-order chi connectivity index (χ1) is 8.13. The van der Waals surface area contributed by atoms with Gasteiger partial charge in [0.05, 0.1) is 12.1 Å². The molecule has 1 aromatic carbocycles. The molecule has 3 rings (SSSR count). The smallest absolute Gasteiger partial charge is 0.310 e. The Labute approximate surface area is 110 Å². The van der Waals surface area contributed by atoms with Crippen molar-refractivity contribution in [3.63, 3.8) is 0 Å². The van der Waals surface area contributed by atoms with Gasteiger partial charge >= 0.3 is 5.97 Å². The number of carboxylic acids is 1. The van der Waals surface area contributed by atoms with Crippen LogP contribution < -0.4 is 0 Å². The Kier molecular flexibility index (Phi) is 2.52. The van der Waals surface area contributed by atoms with Crippen LogP contribution in [0.25, 0.3) is 11.3 Å². The van der Waals surface area contributed by atoms with E-state index in [1.165, 1.54) is 21.8 Å². The van der Waals surface area contributed by atoms with Gasteiger partial charge in [0.2, 0.25) is 0 Å².